The lowest BCUT2D eigenvalue weighted by Gasteiger charge is -2.22. The van der Waals surface area contributed by atoms with Crippen LogP contribution >= 0.6 is 11.3 Å². The van der Waals surface area contributed by atoms with Gasteiger partial charge in [0.15, 0.2) is 0 Å². The van der Waals surface area contributed by atoms with Gasteiger partial charge in [-0.3, -0.25) is 0 Å². The van der Waals surface area contributed by atoms with Crippen molar-refractivity contribution in [3.05, 3.63) is 133 Å². The minimum Gasteiger partial charge on any atom is -0.456 e. The monoisotopic (exact) mass is 566 g/mol. The van der Waals surface area contributed by atoms with Crippen molar-refractivity contribution in [2.24, 2.45) is 0 Å². The maximum absolute atomic E-state index is 6.34. The maximum atomic E-state index is 6.34. The van der Waals surface area contributed by atoms with Gasteiger partial charge in [0.2, 0.25) is 0 Å². The molecule has 0 bridgehead atoms. The predicted molar refractivity (Wildman–Crippen MR) is 180 cm³/mol. The van der Waals surface area contributed by atoms with Crippen molar-refractivity contribution in [2.75, 3.05) is 0 Å². The number of fused-ring (bicyclic) bond motifs is 8. The van der Waals surface area contributed by atoms with Gasteiger partial charge in [0.1, 0.15) is 22.7 Å². The molecule has 2 nitrogen and oxygen atoms in total. The molecule has 1 aliphatic rings. The van der Waals surface area contributed by atoms with Crippen molar-refractivity contribution in [1.82, 2.24) is 0 Å². The molecule has 0 N–H and O–H groups in total. The third-order valence-corrected chi connectivity index (χ3v) is 9.99. The first-order valence-electron chi connectivity index (χ1n) is 14.5. The summed E-state index contributed by atoms with van der Waals surface area (Å²) in [5.41, 5.74) is 9.04. The zero-order chi connectivity index (χ0) is 28.1. The highest BCUT2D eigenvalue weighted by molar-refractivity contribution is 7.25. The van der Waals surface area contributed by atoms with Gasteiger partial charge in [-0.15, -0.1) is 11.3 Å². The lowest BCUT2D eigenvalue weighted by atomic mass is 9.92. The first-order chi connectivity index (χ1) is 21.3. The van der Waals surface area contributed by atoms with E-state index in [-0.39, 0.29) is 0 Å². The Bertz CT molecular complexity index is 2600. The molecule has 10 rings (SSSR count). The first kappa shape index (κ1) is 23.2. The molecule has 200 valence electrons. The van der Waals surface area contributed by atoms with Crippen LogP contribution in [-0.4, -0.2) is 0 Å². The summed E-state index contributed by atoms with van der Waals surface area (Å²) in [5, 5.41) is 7.31. The average Bonchev–Trinajstić information content (AvgIpc) is 3.62. The van der Waals surface area contributed by atoms with Crippen LogP contribution in [0.25, 0.3) is 86.3 Å². The first-order valence-corrected chi connectivity index (χ1v) is 15.3. The molecule has 9 aromatic rings. The predicted octanol–water partition coefficient (Wildman–Crippen LogP) is 12.2. The Morgan fingerprint density at radius 1 is 0.419 bits per heavy atom. The van der Waals surface area contributed by atoms with E-state index in [0.717, 1.165) is 33.6 Å². The Morgan fingerprint density at radius 3 is 2.02 bits per heavy atom. The molecular weight excluding hydrogens is 545 g/mol. The highest BCUT2D eigenvalue weighted by Gasteiger charge is 2.20. The van der Waals surface area contributed by atoms with Crippen molar-refractivity contribution >= 4 is 64.2 Å². The van der Waals surface area contributed by atoms with E-state index in [1.807, 2.05) is 23.5 Å². The topological polar surface area (TPSA) is 22.4 Å². The largest absolute Gasteiger partial charge is 0.456 e. The summed E-state index contributed by atoms with van der Waals surface area (Å²) in [6.45, 7) is 0. The molecule has 0 unspecified atom stereocenters. The van der Waals surface area contributed by atoms with Gasteiger partial charge in [-0.25, -0.2) is 0 Å². The lowest BCUT2D eigenvalue weighted by molar-refractivity contribution is 0.487. The summed E-state index contributed by atoms with van der Waals surface area (Å²) < 4.78 is 15.1. The summed E-state index contributed by atoms with van der Waals surface area (Å²) in [5.74, 6) is 1.84. The second kappa shape index (κ2) is 8.57. The van der Waals surface area contributed by atoms with E-state index in [0.29, 0.717) is 0 Å². The van der Waals surface area contributed by atoms with Crippen LogP contribution in [0, 0.1) is 0 Å². The second-order valence-corrected chi connectivity index (χ2v) is 12.4. The summed E-state index contributed by atoms with van der Waals surface area (Å²) >= 11 is 1.86. The van der Waals surface area contributed by atoms with Crippen molar-refractivity contribution in [2.45, 2.75) is 0 Å². The maximum Gasteiger partial charge on any atom is 0.136 e. The zero-order valence-electron chi connectivity index (χ0n) is 22.9. The summed E-state index contributed by atoms with van der Waals surface area (Å²) in [6, 6.07) is 47.7. The fourth-order valence-electron chi connectivity index (χ4n) is 6.88. The van der Waals surface area contributed by atoms with Crippen LogP contribution in [0.2, 0.25) is 0 Å². The van der Waals surface area contributed by atoms with Crippen molar-refractivity contribution in [3.8, 4) is 44.9 Å². The number of para-hydroxylation sites is 1. The quantitative estimate of drug-likeness (QED) is 0.208. The molecule has 0 spiro atoms. The summed E-state index contributed by atoms with van der Waals surface area (Å²) in [4.78, 5) is 0. The second-order valence-electron chi connectivity index (χ2n) is 11.3. The Kier molecular flexibility index (Phi) is 4.63. The van der Waals surface area contributed by atoms with Crippen molar-refractivity contribution in [1.29, 1.82) is 0 Å². The van der Waals surface area contributed by atoms with Gasteiger partial charge in [0.05, 0.1) is 0 Å². The van der Waals surface area contributed by atoms with Gasteiger partial charge >= 0.3 is 0 Å². The molecule has 7 aromatic carbocycles. The summed E-state index contributed by atoms with van der Waals surface area (Å²) in [6.07, 6.45) is 0. The number of benzene rings is 7. The van der Waals surface area contributed by atoms with Crippen LogP contribution in [0.15, 0.2) is 138 Å². The van der Waals surface area contributed by atoms with Crippen molar-refractivity contribution in [3.63, 3.8) is 0 Å². The summed E-state index contributed by atoms with van der Waals surface area (Å²) in [7, 11) is 0. The molecule has 0 saturated heterocycles. The molecule has 0 saturated carbocycles. The van der Waals surface area contributed by atoms with Crippen LogP contribution in [0.1, 0.15) is 0 Å². The third-order valence-electron chi connectivity index (χ3n) is 8.88. The molecule has 1 aliphatic heterocycles. The Labute approximate surface area is 251 Å². The zero-order valence-corrected chi connectivity index (χ0v) is 23.7. The molecule has 0 amide bonds. The van der Waals surface area contributed by atoms with Crippen molar-refractivity contribution < 1.29 is 9.15 Å². The standard InChI is InChI=1S/C40H22O2S/c1-2-11-33-31(8-1)40-27(9-5-13-36(40)41-33)26-15-18-29-28-17-14-25(21-37(28)43-38(29)22-26)24-16-19-34-32(20-24)30-10-3-6-23-7-4-12-35(42-34)39(23)30/h1-22H. The molecule has 0 atom stereocenters. The minimum atomic E-state index is 0.908. The molecular formula is C40H22O2S. The molecule has 43 heavy (non-hydrogen) atoms. The van der Waals surface area contributed by atoms with Gasteiger partial charge in [0.25, 0.3) is 0 Å². The van der Waals surface area contributed by atoms with Gasteiger partial charge in [-0.1, -0.05) is 91.0 Å². The fourth-order valence-corrected chi connectivity index (χ4v) is 8.07. The Morgan fingerprint density at radius 2 is 1.12 bits per heavy atom. The van der Waals surface area contributed by atoms with Crippen LogP contribution in [0.3, 0.4) is 0 Å². The van der Waals surface area contributed by atoms with E-state index in [4.69, 9.17) is 9.15 Å². The van der Waals surface area contributed by atoms with Gasteiger partial charge in [-0.2, -0.15) is 0 Å². The van der Waals surface area contributed by atoms with E-state index >= 15 is 0 Å². The minimum absolute atomic E-state index is 0.908. The highest BCUT2D eigenvalue weighted by atomic mass is 32.1. The van der Waals surface area contributed by atoms with Gasteiger partial charge in [0, 0.05) is 41.9 Å². The number of furan rings is 1. The van der Waals surface area contributed by atoms with Crippen LogP contribution < -0.4 is 4.74 Å². The van der Waals surface area contributed by atoms with Crippen LogP contribution in [0.4, 0.5) is 0 Å². The number of rotatable bonds is 2. The van der Waals surface area contributed by atoms with E-state index in [1.54, 1.807) is 0 Å². The molecule has 0 radical (unpaired) electrons. The molecule has 3 heteroatoms. The lowest BCUT2D eigenvalue weighted by Crippen LogP contribution is -1.97. The third kappa shape index (κ3) is 3.34. The van der Waals surface area contributed by atoms with E-state index in [9.17, 15) is 0 Å². The highest BCUT2D eigenvalue weighted by Crippen LogP contribution is 2.48. The fraction of sp³-hybridized carbons (Fsp3) is 0. The molecule has 0 aliphatic carbocycles. The number of hydrogen-bond donors (Lipinski definition) is 0. The molecule has 2 aromatic heterocycles. The van der Waals surface area contributed by atoms with Gasteiger partial charge < -0.3 is 9.15 Å². The number of thiophene rings is 1. The van der Waals surface area contributed by atoms with E-state index in [1.165, 1.54) is 64.1 Å². The average molecular weight is 567 g/mol. The Hall–Kier alpha value is -5.38. The molecule has 0 fully saturated rings. The van der Waals surface area contributed by atoms with Crippen LogP contribution in [-0.2, 0) is 0 Å². The number of hydrogen-bond acceptors (Lipinski definition) is 3. The normalized spacial score (nSPS) is 12.4. The SMILES string of the molecule is c1cc2c3c(cccc3c1)-c1cc(-c3ccc4c(c3)sc3cc(-c5cccc6oc7ccccc7c56)ccc34)ccc1O2. The van der Waals surface area contributed by atoms with E-state index in [2.05, 4.69) is 121 Å². The molecule has 3 heterocycles. The Balaban J connectivity index is 1.10. The van der Waals surface area contributed by atoms with Gasteiger partial charge in [-0.05, 0) is 75.7 Å². The van der Waals surface area contributed by atoms with E-state index < -0.39 is 0 Å². The number of ether oxygens (including phenoxy) is 1. The van der Waals surface area contributed by atoms with Crippen LogP contribution in [0.5, 0.6) is 11.5 Å². The smallest absolute Gasteiger partial charge is 0.136 e.